The van der Waals surface area contributed by atoms with Crippen LogP contribution in [0.15, 0.2) is 24.3 Å². The molecule has 4 heteroatoms. The topological polar surface area (TPSA) is 41.1 Å². The maximum absolute atomic E-state index is 11.9. The van der Waals surface area contributed by atoms with E-state index in [9.17, 15) is 4.79 Å². The average Bonchev–Trinajstić information content (AvgIpc) is 3.23. The summed E-state index contributed by atoms with van der Waals surface area (Å²) in [6, 6.07) is 8.87. The van der Waals surface area contributed by atoms with Crippen molar-refractivity contribution in [2.45, 2.75) is 38.1 Å². The van der Waals surface area contributed by atoms with Crippen LogP contribution in [0.2, 0.25) is 0 Å². The smallest absolute Gasteiger partial charge is 0.234 e. The van der Waals surface area contributed by atoms with Crippen molar-refractivity contribution in [1.82, 2.24) is 10.6 Å². The van der Waals surface area contributed by atoms with Crippen LogP contribution < -0.4 is 10.6 Å². The highest BCUT2D eigenvalue weighted by Crippen LogP contribution is 2.27. The van der Waals surface area contributed by atoms with Gasteiger partial charge in [-0.2, -0.15) is 0 Å². The van der Waals surface area contributed by atoms with Gasteiger partial charge in [-0.05, 0) is 55.7 Å². The predicted octanol–water partition coefficient (Wildman–Crippen LogP) is 2.08. The van der Waals surface area contributed by atoms with Gasteiger partial charge in [0, 0.05) is 6.04 Å². The maximum atomic E-state index is 11.9. The van der Waals surface area contributed by atoms with Gasteiger partial charge in [-0.15, -0.1) is 12.4 Å². The summed E-state index contributed by atoms with van der Waals surface area (Å²) in [5.41, 5.74) is 2.84. The molecule has 0 heterocycles. The van der Waals surface area contributed by atoms with E-state index in [-0.39, 0.29) is 18.3 Å². The Labute approximate surface area is 126 Å². The molecule has 1 aromatic carbocycles. The highest BCUT2D eigenvalue weighted by Gasteiger charge is 2.22. The molecular formula is C16H23ClN2O. The fraction of sp³-hybridized carbons (Fsp3) is 0.562. The Morgan fingerprint density at radius 1 is 1.15 bits per heavy atom. The molecule has 110 valence electrons. The largest absolute Gasteiger partial charge is 0.352 e. The van der Waals surface area contributed by atoms with Gasteiger partial charge >= 0.3 is 0 Å². The third-order valence-electron chi connectivity index (χ3n) is 4.13. The zero-order valence-corrected chi connectivity index (χ0v) is 12.5. The summed E-state index contributed by atoms with van der Waals surface area (Å²) < 4.78 is 0. The highest BCUT2D eigenvalue weighted by atomic mass is 35.5. The molecular weight excluding hydrogens is 272 g/mol. The lowest BCUT2D eigenvalue weighted by molar-refractivity contribution is -0.121. The van der Waals surface area contributed by atoms with E-state index >= 15 is 0 Å². The molecule has 1 amide bonds. The Morgan fingerprint density at radius 2 is 1.90 bits per heavy atom. The number of nitrogens with one attached hydrogen (secondary N) is 2. The second kappa shape index (κ2) is 7.09. The van der Waals surface area contributed by atoms with E-state index < -0.39 is 0 Å². The molecule has 2 aliphatic carbocycles. The zero-order valence-electron chi connectivity index (χ0n) is 11.7. The van der Waals surface area contributed by atoms with E-state index in [4.69, 9.17) is 0 Å². The summed E-state index contributed by atoms with van der Waals surface area (Å²) in [4.78, 5) is 11.9. The standard InChI is InChI=1S/C16H22N2O.ClH/c19-16(11-17-10-12-5-6-12)18-15-8-7-13-3-1-2-4-14(13)9-15;/h1-4,12,15,17H,5-11H2,(H,18,19);1H. The van der Waals surface area contributed by atoms with Crippen LogP contribution >= 0.6 is 12.4 Å². The molecule has 3 nitrogen and oxygen atoms in total. The van der Waals surface area contributed by atoms with Gasteiger partial charge in [0.25, 0.3) is 0 Å². The number of amides is 1. The van der Waals surface area contributed by atoms with Crippen molar-refractivity contribution in [3.05, 3.63) is 35.4 Å². The SMILES string of the molecule is Cl.O=C(CNCC1CC1)NC1CCc2ccccc2C1. The van der Waals surface area contributed by atoms with Crippen molar-refractivity contribution in [2.75, 3.05) is 13.1 Å². The first-order chi connectivity index (χ1) is 9.31. The molecule has 0 aromatic heterocycles. The van der Waals surface area contributed by atoms with Gasteiger partial charge in [-0.1, -0.05) is 24.3 Å². The normalized spacial score (nSPS) is 20.7. The second-order valence-corrected chi connectivity index (χ2v) is 5.85. The van der Waals surface area contributed by atoms with Crippen molar-refractivity contribution in [1.29, 1.82) is 0 Å². The lowest BCUT2D eigenvalue weighted by Gasteiger charge is -2.25. The Balaban J connectivity index is 0.00000147. The molecule has 2 N–H and O–H groups in total. The molecule has 0 radical (unpaired) electrons. The van der Waals surface area contributed by atoms with Crippen molar-refractivity contribution in [3.8, 4) is 0 Å². The number of fused-ring (bicyclic) bond motifs is 1. The fourth-order valence-corrected chi connectivity index (χ4v) is 2.81. The van der Waals surface area contributed by atoms with Crippen LogP contribution in [0.3, 0.4) is 0 Å². The maximum Gasteiger partial charge on any atom is 0.234 e. The first-order valence-corrected chi connectivity index (χ1v) is 7.38. The van der Waals surface area contributed by atoms with Crippen molar-refractivity contribution in [3.63, 3.8) is 0 Å². The van der Waals surface area contributed by atoms with E-state index in [1.165, 1.54) is 24.0 Å². The van der Waals surface area contributed by atoms with Crippen molar-refractivity contribution in [2.24, 2.45) is 5.92 Å². The van der Waals surface area contributed by atoms with Gasteiger partial charge in [0.1, 0.15) is 0 Å². The minimum atomic E-state index is 0. The van der Waals surface area contributed by atoms with Crippen LogP contribution in [0.1, 0.15) is 30.4 Å². The molecule has 3 rings (SSSR count). The number of rotatable bonds is 5. The average molecular weight is 295 g/mol. The van der Waals surface area contributed by atoms with Gasteiger partial charge in [-0.25, -0.2) is 0 Å². The quantitative estimate of drug-likeness (QED) is 0.873. The number of hydrogen-bond acceptors (Lipinski definition) is 2. The Morgan fingerprint density at radius 3 is 2.65 bits per heavy atom. The number of benzene rings is 1. The minimum Gasteiger partial charge on any atom is -0.352 e. The van der Waals surface area contributed by atoms with Crippen molar-refractivity contribution >= 4 is 18.3 Å². The van der Waals surface area contributed by atoms with Gasteiger partial charge in [0.15, 0.2) is 0 Å². The van der Waals surface area contributed by atoms with Crippen LogP contribution in [0, 0.1) is 5.92 Å². The fourth-order valence-electron chi connectivity index (χ4n) is 2.81. The minimum absolute atomic E-state index is 0. The summed E-state index contributed by atoms with van der Waals surface area (Å²) in [7, 11) is 0. The van der Waals surface area contributed by atoms with Crippen molar-refractivity contribution < 1.29 is 4.79 Å². The molecule has 2 aliphatic rings. The van der Waals surface area contributed by atoms with Crippen LogP contribution in [0.5, 0.6) is 0 Å². The van der Waals surface area contributed by atoms with Crippen LogP contribution in [-0.4, -0.2) is 25.0 Å². The van der Waals surface area contributed by atoms with Crippen LogP contribution in [0.25, 0.3) is 0 Å². The lowest BCUT2D eigenvalue weighted by Crippen LogP contribution is -2.43. The molecule has 1 aromatic rings. The highest BCUT2D eigenvalue weighted by molar-refractivity contribution is 5.85. The molecule has 1 unspecified atom stereocenters. The lowest BCUT2D eigenvalue weighted by atomic mass is 9.88. The van der Waals surface area contributed by atoms with Gasteiger partial charge in [0.2, 0.25) is 5.91 Å². The van der Waals surface area contributed by atoms with E-state index in [0.717, 1.165) is 31.7 Å². The number of halogens is 1. The zero-order chi connectivity index (χ0) is 13.1. The Bertz CT molecular complexity index is 460. The Hall–Kier alpha value is -1.06. The molecule has 0 spiro atoms. The monoisotopic (exact) mass is 294 g/mol. The summed E-state index contributed by atoms with van der Waals surface area (Å²) in [5, 5.41) is 6.40. The molecule has 0 aliphatic heterocycles. The third kappa shape index (κ3) is 4.22. The van der Waals surface area contributed by atoms with Gasteiger partial charge in [-0.3, -0.25) is 4.79 Å². The third-order valence-corrected chi connectivity index (χ3v) is 4.13. The van der Waals surface area contributed by atoms with E-state index in [1.54, 1.807) is 0 Å². The first-order valence-electron chi connectivity index (χ1n) is 7.38. The summed E-state index contributed by atoms with van der Waals surface area (Å²) in [6.45, 7) is 1.47. The second-order valence-electron chi connectivity index (χ2n) is 5.85. The summed E-state index contributed by atoms with van der Waals surface area (Å²) >= 11 is 0. The van der Waals surface area contributed by atoms with Crippen LogP contribution in [0.4, 0.5) is 0 Å². The first kappa shape index (κ1) is 15.3. The Kier molecular flexibility index (Phi) is 5.44. The molecule has 1 fully saturated rings. The van der Waals surface area contributed by atoms with E-state index in [0.29, 0.717) is 12.6 Å². The van der Waals surface area contributed by atoms with Crippen LogP contribution in [-0.2, 0) is 17.6 Å². The van der Waals surface area contributed by atoms with E-state index in [1.807, 2.05) is 0 Å². The molecule has 1 saturated carbocycles. The summed E-state index contributed by atoms with van der Waals surface area (Å²) in [5.74, 6) is 0.972. The molecule has 20 heavy (non-hydrogen) atoms. The number of aryl methyl sites for hydroxylation is 1. The molecule has 0 saturated heterocycles. The molecule has 0 bridgehead atoms. The molecule has 1 atom stereocenters. The number of carbonyl (C=O) groups excluding carboxylic acids is 1. The predicted molar refractivity (Wildman–Crippen MR) is 83.2 cm³/mol. The van der Waals surface area contributed by atoms with Gasteiger partial charge < -0.3 is 10.6 Å². The van der Waals surface area contributed by atoms with E-state index in [2.05, 4.69) is 34.9 Å². The number of carbonyl (C=O) groups is 1. The number of hydrogen-bond donors (Lipinski definition) is 2. The summed E-state index contributed by atoms with van der Waals surface area (Å²) in [6.07, 6.45) is 5.77. The van der Waals surface area contributed by atoms with Gasteiger partial charge in [0.05, 0.1) is 6.54 Å².